The molecule has 2 aliphatic heterocycles. The van der Waals surface area contributed by atoms with E-state index in [0.717, 1.165) is 50.0 Å². The van der Waals surface area contributed by atoms with Crippen LogP contribution in [0.3, 0.4) is 0 Å². The molecule has 0 spiro atoms. The fraction of sp³-hybridized carbons (Fsp3) is 0.519. The zero-order valence-electron chi connectivity index (χ0n) is 21.6. The van der Waals surface area contributed by atoms with Crippen molar-refractivity contribution in [3.8, 4) is 0 Å². The molecule has 1 N–H and O–H groups in total. The van der Waals surface area contributed by atoms with Crippen LogP contribution in [-0.2, 0) is 12.4 Å². The maximum Gasteiger partial charge on any atom is 0.416 e. The van der Waals surface area contributed by atoms with Gasteiger partial charge in [0.05, 0.1) is 17.2 Å². The Labute approximate surface area is 222 Å². The molecule has 2 amide bonds. The van der Waals surface area contributed by atoms with Crippen LogP contribution >= 0.6 is 0 Å². The molecule has 2 aromatic rings. The molecule has 2 atom stereocenters. The number of halogens is 7. The maximum absolute atomic E-state index is 13.6. The van der Waals surface area contributed by atoms with E-state index >= 15 is 0 Å². The standard InChI is InChI=1S/C27H31F7N4O/c1-36(22-12-19(26(29,30)31)11-20(13-22)27(32,33)34)25(39)37(2)24-16-38(14-17-7-9-35-10-8-17)15-23(24)18-3-5-21(28)6-4-18/h3-6,11-13,17,23-24,35H,7-10,14-16H2,1-2H3. The maximum atomic E-state index is 13.6. The number of nitrogens with zero attached hydrogens (tertiary/aromatic N) is 3. The molecule has 0 bridgehead atoms. The van der Waals surface area contributed by atoms with Crippen molar-refractivity contribution in [3.05, 3.63) is 65.0 Å². The van der Waals surface area contributed by atoms with Gasteiger partial charge in [-0.25, -0.2) is 9.18 Å². The van der Waals surface area contributed by atoms with Crippen LogP contribution in [0.1, 0.15) is 35.4 Å². The van der Waals surface area contributed by atoms with Crippen molar-refractivity contribution in [1.29, 1.82) is 0 Å². The van der Waals surface area contributed by atoms with E-state index in [1.165, 1.54) is 24.1 Å². The molecule has 2 unspecified atom stereocenters. The number of piperidine rings is 1. The number of carbonyl (C=O) groups is 1. The summed E-state index contributed by atoms with van der Waals surface area (Å²) in [6.45, 7) is 3.70. The highest BCUT2D eigenvalue weighted by Crippen LogP contribution is 2.39. The molecule has 12 heteroatoms. The minimum absolute atomic E-state index is 0.0335. The van der Waals surface area contributed by atoms with Gasteiger partial charge in [0.2, 0.25) is 0 Å². The largest absolute Gasteiger partial charge is 0.416 e. The van der Waals surface area contributed by atoms with Crippen LogP contribution in [0, 0.1) is 11.7 Å². The second kappa shape index (κ2) is 11.3. The van der Waals surface area contributed by atoms with Gasteiger partial charge in [-0.1, -0.05) is 12.1 Å². The normalized spacial score (nSPS) is 21.3. The number of urea groups is 1. The Morgan fingerprint density at radius 1 is 0.923 bits per heavy atom. The number of carbonyl (C=O) groups excluding carboxylic acids is 1. The molecule has 2 aliphatic rings. The molecule has 4 rings (SSSR count). The quantitative estimate of drug-likeness (QED) is 0.469. The molecule has 5 nitrogen and oxygen atoms in total. The van der Waals surface area contributed by atoms with E-state index in [1.807, 2.05) is 0 Å². The van der Waals surface area contributed by atoms with Gasteiger partial charge in [0.15, 0.2) is 0 Å². The third-order valence-electron chi connectivity index (χ3n) is 7.68. The SMILES string of the molecule is CN(C(=O)N(C)C1CN(CC2CCNCC2)CC1c1ccc(F)cc1)c1cc(C(F)(F)F)cc(C(F)(F)F)c1. The summed E-state index contributed by atoms with van der Waals surface area (Å²) < 4.78 is 94.0. The lowest BCUT2D eigenvalue weighted by Gasteiger charge is -2.33. The number of benzene rings is 2. The molecule has 0 radical (unpaired) electrons. The topological polar surface area (TPSA) is 38.8 Å². The van der Waals surface area contributed by atoms with Crippen molar-refractivity contribution in [3.63, 3.8) is 0 Å². The zero-order valence-corrected chi connectivity index (χ0v) is 21.6. The van der Waals surface area contributed by atoms with Gasteiger partial charge < -0.3 is 15.1 Å². The van der Waals surface area contributed by atoms with E-state index in [-0.39, 0.29) is 12.0 Å². The highest BCUT2D eigenvalue weighted by Gasteiger charge is 2.41. The minimum atomic E-state index is -5.03. The van der Waals surface area contributed by atoms with Crippen LogP contribution < -0.4 is 10.2 Å². The first-order valence-corrected chi connectivity index (χ1v) is 12.7. The highest BCUT2D eigenvalue weighted by atomic mass is 19.4. The minimum Gasteiger partial charge on any atom is -0.322 e. The molecule has 2 saturated heterocycles. The van der Waals surface area contributed by atoms with Crippen molar-refractivity contribution in [2.24, 2.45) is 5.92 Å². The van der Waals surface area contributed by atoms with Crippen LogP contribution in [0.25, 0.3) is 0 Å². The van der Waals surface area contributed by atoms with Gasteiger partial charge in [0.1, 0.15) is 5.82 Å². The lowest BCUT2D eigenvalue weighted by molar-refractivity contribution is -0.143. The predicted octanol–water partition coefficient (Wildman–Crippen LogP) is 5.82. The third-order valence-corrected chi connectivity index (χ3v) is 7.68. The average Bonchev–Trinajstić information content (AvgIpc) is 3.30. The molecule has 0 aliphatic carbocycles. The van der Waals surface area contributed by atoms with Gasteiger partial charge >= 0.3 is 18.4 Å². The summed E-state index contributed by atoms with van der Waals surface area (Å²) in [5, 5.41) is 3.32. The number of likely N-dealkylation sites (N-methyl/N-ethyl adjacent to an activating group) is 1. The van der Waals surface area contributed by atoms with Crippen molar-refractivity contribution in [1.82, 2.24) is 15.1 Å². The Kier molecular flexibility index (Phi) is 8.46. The van der Waals surface area contributed by atoms with Crippen LogP contribution in [0.15, 0.2) is 42.5 Å². The summed E-state index contributed by atoms with van der Waals surface area (Å²) >= 11 is 0. The van der Waals surface area contributed by atoms with E-state index < -0.39 is 47.1 Å². The molecular weight excluding hydrogens is 529 g/mol. The van der Waals surface area contributed by atoms with E-state index in [0.29, 0.717) is 31.1 Å². The number of alkyl halides is 6. The molecule has 2 fully saturated rings. The van der Waals surface area contributed by atoms with Crippen molar-refractivity contribution < 1.29 is 35.5 Å². The second-order valence-electron chi connectivity index (χ2n) is 10.4. The Balaban J connectivity index is 1.60. The lowest BCUT2D eigenvalue weighted by Crippen LogP contribution is -2.47. The Morgan fingerprint density at radius 3 is 2.03 bits per heavy atom. The number of hydrogen-bond acceptors (Lipinski definition) is 3. The lowest BCUT2D eigenvalue weighted by atomic mass is 9.93. The second-order valence-corrected chi connectivity index (χ2v) is 10.4. The fourth-order valence-electron chi connectivity index (χ4n) is 5.50. The van der Waals surface area contributed by atoms with Gasteiger partial charge in [0.25, 0.3) is 0 Å². The Morgan fingerprint density at radius 2 is 1.49 bits per heavy atom. The first kappa shape index (κ1) is 29.1. The molecule has 2 heterocycles. The monoisotopic (exact) mass is 560 g/mol. The first-order valence-electron chi connectivity index (χ1n) is 12.7. The van der Waals surface area contributed by atoms with E-state index in [2.05, 4.69) is 10.2 Å². The van der Waals surface area contributed by atoms with E-state index in [4.69, 9.17) is 0 Å². The molecule has 2 aromatic carbocycles. The average molecular weight is 561 g/mol. The van der Waals surface area contributed by atoms with Crippen LogP contribution in [0.2, 0.25) is 0 Å². The van der Waals surface area contributed by atoms with Gasteiger partial charge in [-0.3, -0.25) is 4.90 Å². The smallest absolute Gasteiger partial charge is 0.322 e. The molecular formula is C27H31F7N4O. The molecule has 0 aromatic heterocycles. The number of rotatable bonds is 5. The van der Waals surface area contributed by atoms with Gasteiger partial charge in [-0.05, 0) is 67.7 Å². The number of amides is 2. The summed E-state index contributed by atoms with van der Waals surface area (Å²) in [5.41, 5.74) is -2.70. The van der Waals surface area contributed by atoms with Gasteiger partial charge in [-0.15, -0.1) is 0 Å². The predicted molar refractivity (Wildman–Crippen MR) is 133 cm³/mol. The molecule has 214 valence electrons. The zero-order chi connectivity index (χ0) is 28.5. The van der Waals surface area contributed by atoms with Gasteiger partial charge in [0, 0.05) is 45.3 Å². The third kappa shape index (κ3) is 6.84. The number of anilines is 1. The molecule has 0 saturated carbocycles. The van der Waals surface area contributed by atoms with Crippen molar-refractivity contribution in [2.45, 2.75) is 37.2 Å². The summed E-state index contributed by atoms with van der Waals surface area (Å²) in [6.07, 6.45) is -8.03. The Hall–Kier alpha value is -2.86. The Bertz CT molecular complexity index is 1110. The van der Waals surface area contributed by atoms with Gasteiger partial charge in [-0.2, -0.15) is 26.3 Å². The summed E-state index contributed by atoms with van der Waals surface area (Å²) in [4.78, 5) is 17.9. The van der Waals surface area contributed by atoms with E-state index in [9.17, 15) is 35.5 Å². The van der Waals surface area contributed by atoms with E-state index in [1.54, 1.807) is 12.1 Å². The highest BCUT2D eigenvalue weighted by molar-refractivity contribution is 5.92. The fourth-order valence-corrected chi connectivity index (χ4v) is 5.50. The van der Waals surface area contributed by atoms with Crippen molar-refractivity contribution >= 4 is 11.7 Å². The first-order chi connectivity index (χ1) is 18.2. The summed E-state index contributed by atoms with van der Waals surface area (Å²) in [5.74, 6) is -0.163. The van der Waals surface area contributed by atoms with Crippen LogP contribution in [0.4, 0.5) is 41.2 Å². The van der Waals surface area contributed by atoms with Crippen molar-refractivity contribution in [2.75, 3.05) is 51.7 Å². The number of likely N-dealkylation sites (tertiary alicyclic amines) is 1. The number of hydrogen-bond donors (Lipinski definition) is 1. The molecule has 39 heavy (non-hydrogen) atoms. The number of nitrogens with one attached hydrogen (secondary N) is 1. The van der Waals surface area contributed by atoms with Crippen LogP contribution in [0.5, 0.6) is 0 Å². The summed E-state index contributed by atoms with van der Waals surface area (Å²) in [6, 6.07) is 5.88. The summed E-state index contributed by atoms with van der Waals surface area (Å²) in [7, 11) is 2.65. The van der Waals surface area contributed by atoms with Crippen LogP contribution in [-0.4, -0.2) is 68.7 Å².